The number of nitrogens with zero attached hydrogens (tertiary/aromatic N) is 1. The van der Waals surface area contributed by atoms with E-state index in [-0.39, 0.29) is 16.7 Å². The third-order valence-corrected chi connectivity index (χ3v) is 7.70. The fourth-order valence-corrected chi connectivity index (χ4v) is 6.80. The maximum atomic E-state index is 12.9. The summed E-state index contributed by atoms with van der Waals surface area (Å²) in [6.45, 7) is 2.01. The molecule has 26 heavy (non-hydrogen) atoms. The molecule has 1 atom stereocenters. The third kappa shape index (κ3) is 3.02. The van der Waals surface area contributed by atoms with E-state index >= 15 is 0 Å². The monoisotopic (exact) mass is 366 g/mol. The van der Waals surface area contributed by atoms with Gasteiger partial charge < -0.3 is 5.32 Å². The fourth-order valence-electron chi connectivity index (χ4n) is 5.97. The number of carbonyl (C=O) groups is 1. The van der Waals surface area contributed by atoms with Gasteiger partial charge in [-0.05, 0) is 75.3 Å². The molecule has 0 aliphatic heterocycles. The van der Waals surface area contributed by atoms with Crippen LogP contribution in [0.25, 0.3) is 10.9 Å². The first-order chi connectivity index (χ1) is 12.6. The van der Waals surface area contributed by atoms with Crippen LogP contribution in [0.2, 0.25) is 0 Å². The maximum Gasteiger partial charge on any atom is 0.233 e. The predicted molar refractivity (Wildman–Crippen MR) is 106 cm³/mol. The molecule has 0 radical (unpaired) electrons. The number of rotatable bonds is 4. The first-order valence-corrected chi connectivity index (χ1v) is 10.8. The van der Waals surface area contributed by atoms with Crippen LogP contribution in [-0.2, 0) is 4.79 Å². The Balaban J connectivity index is 1.28. The topological polar surface area (TPSA) is 42.0 Å². The molecule has 1 heterocycles. The molecule has 4 aliphatic carbocycles. The van der Waals surface area contributed by atoms with Crippen molar-refractivity contribution in [1.82, 2.24) is 10.3 Å². The van der Waals surface area contributed by atoms with Crippen LogP contribution >= 0.6 is 11.8 Å². The molecule has 0 spiro atoms. The average molecular weight is 367 g/mol. The van der Waals surface area contributed by atoms with E-state index in [0.717, 1.165) is 33.7 Å². The summed E-state index contributed by atoms with van der Waals surface area (Å²) in [4.78, 5) is 17.6. The molecule has 0 unspecified atom stereocenters. The largest absolute Gasteiger partial charge is 0.350 e. The van der Waals surface area contributed by atoms with Crippen LogP contribution in [0, 0.1) is 17.8 Å². The smallest absolute Gasteiger partial charge is 0.233 e. The van der Waals surface area contributed by atoms with Gasteiger partial charge in [0.05, 0.1) is 15.8 Å². The van der Waals surface area contributed by atoms with Gasteiger partial charge in [0, 0.05) is 10.9 Å². The first-order valence-electron chi connectivity index (χ1n) is 9.93. The second-order valence-corrected chi connectivity index (χ2v) is 10.2. The van der Waals surface area contributed by atoms with Crippen molar-refractivity contribution in [1.29, 1.82) is 0 Å². The molecule has 4 heteroatoms. The minimum absolute atomic E-state index is 0.0947. The van der Waals surface area contributed by atoms with Gasteiger partial charge in [0.15, 0.2) is 0 Å². The Hall–Kier alpha value is -1.55. The van der Waals surface area contributed by atoms with E-state index in [1.54, 1.807) is 11.8 Å². The molecule has 1 aromatic heterocycles. The van der Waals surface area contributed by atoms with Crippen molar-refractivity contribution in [2.75, 3.05) is 0 Å². The Bertz CT molecular complexity index is 814. The van der Waals surface area contributed by atoms with Crippen LogP contribution in [0.3, 0.4) is 0 Å². The van der Waals surface area contributed by atoms with Crippen LogP contribution in [0.15, 0.2) is 41.4 Å². The van der Waals surface area contributed by atoms with Gasteiger partial charge in [0.2, 0.25) is 5.91 Å². The lowest BCUT2D eigenvalue weighted by molar-refractivity contribution is -0.126. The van der Waals surface area contributed by atoms with Crippen molar-refractivity contribution in [3.05, 3.63) is 36.4 Å². The first kappa shape index (κ1) is 16.6. The minimum Gasteiger partial charge on any atom is -0.350 e. The summed E-state index contributed by atoms with van der Waals surface area (Å²) in [6.07, 6.45) is 7.82. The minimum atomic E-state index is -0.114. The number of thioether (sulfide) groups is 1. The molecule has 4 bridgehead atoms. The molecule has 1 aromatic carbocycles. The van der Waals surface area contributed by atoms with Crippen LogP contribution in [0.1, 0.15) is 45.4 Å². The van der Waals surface area contributed by atoms with Crippen molar-refractivity contribution in [2.45, 2.75) is 61.3 Å². The van der Waals surface area contributed by atoms with Gasteiger partial charge in [0.1, 0.15) is 0 Å². The highest BCUT2D eigenvalue weighted by molar-refractivity contribution is 8.00. The molecule has 0 saturated heterocycles. The zero-order valence-corrected chi connectivity index (χ0v) is 16.1. The quantitative estimate of drug-likeness (QED) is 0.790. The average Bonchev–Trinajstić information content (AvgIpc) is 2.60. The van der Waals surface area contributed by atoms with Crippen molar-refractivity contribution < 1.29 is 4.79 Å². The Morgan fingerprint density at radius 2 is 1.73 bits per heavy atom. The lowest BCUT2D eigenvalue weighted by Crippen LogP contribution is -2.60. The SMILES string of the molecule is C[C@@H](Sc1ccc2ccccc2n1)C(=O)NC12CC3CC(CC(C3)C1)C2. The molecule has 2 aromatic rings. The zero-order chi connectivity index (χ0) is 17.7. The summed E-state index contributed by atoms with van der Waals surface area (Å²) in [5.41, 5.74) is 1.09. The Morgan fingerprint density at radius 1 is 1.08 bits per heavy atom. The van der Waals surface area contributed by atoms with Gasteiger partial charge in [0.25, 0.3) is 0 Å². The van der Waals surface area contributed by atoms with Crippen molar-refractivity contribution in [3.8, 4) is 0 Å². The number of aromatic nitrogens is 1. The summed E-state index contributed by atoms with van der Waals surface area (Å²) >= 11 is 1.57. The normalized spacial score (nSPS) is 33.3. The standard InChI is InChI=1S/C22H26N2OS/c1-14(26-20-7-6-18-4-2-3-5-19(18)23-20)21(25)24-22-11-15-8-16(12-22)10-17(9-15)13-22/h2-7,14-17H,8-13H2,1H3,(H,24,25)/t14-,15?,16?,17?,22?/m1/s1. The number of para-hydroxylation sites is 1. The Labute approximate surface area is 159 Å². The number of carbonyl (C=O) groups excluding carboxylic acids is 1. The van der Waals surface area contributed by atoms with Crippen LogP contribution < -0.4 is 5.32 Å². The number of pyridine rings is 1. The van der Waals surface area contributed by atoms with E-state index in [1.165, 1.54) is 38.5 Å². The molecule has 6 rings (SSSR count). The van der Waals surface area contributed by atoms with Crippen LogP contribution in [0.4, 0.5) is 0 Å². The lowest BCUT2D eigenvalue weighted by Gasteiger charge is -2.57. The van der Waals surface area contributed by atoms with Crippen molar-refractivity contribution in [2.24, 2.45) is 17.8 Å². The van der Waals surface area contributed by atoms with Crippen molar-refractivity contribution in [3.63, 3.8) is 0 Å². The highest BCUT2D eigenvalue weighted by Gasteiger charge is 2.51. The van der Waals surface area contributed by atoms with Gasteiger partial charge in [-0.1, -0.05) is 36.0 Å². The van der Waals surface area contributed by atoms with Gasteiger partial charge in [-0.3, -0.25) is 4.79 Å². The second-order valence-electron chi connectivity index (χ2n) is 8.79. The van der Waals surface area contributed by atoms with E-state index in [0.29, 0.717) is 0 Å². The van der Waals surface area contributed by atoms with Gasteiger partial charge in [-0.25, -0.2) is 4.98 Å². The molecule has 4 aliphatic rings. The highest BCUT2D eigenvalue weighted by Crippen LogP contribution is 2.55. The van der Waals surface area contributed by atoms with E-state index < -0.39 is 0 Å². The maximum absolute atomic E-state index is 12.9. The fraction of sp³-hybridized carbons (Fsp3) is 0.545. The van der Waals surface area contributed by atoms with Gasteiger partial charge in [-0.2, -0.15) is 0 Å². The molecule has 4 fully saturated rings. The number of hydrogen-bond donors (Lipinski definition) is 1. The van der Waals surface area contributed by atoms with E-state index in [2.05, 4.69) is 17.4 Å². The summed E-state index contributed by atoms with van der Waals surface area (Å²) in [5, 5.41) is 5.45. The summed E-state index contributed by atoms with van der Waals surface area (Å²) in [7, 11) is 0. The summed E-state index contributed by atoms with van der Waals surface area (Å²) < 4.78 is 0. The molecule has 3 nitrogen and oxygen atoms in total. The van der Waals surface area contributed by atoms with Gasteiger partial charge >= 0.3 is 0 Å². The zero-order valence-electron chi connectivity index (χ0n) is 15.3. The number of nitrogens with one attached hydrogen (secondary N) is 1. The Morgan fingerprint density at radius 3 is 2.42 bits per heavy atom. The molecule has 1 amide bonds. The van der Waals surface area contributed by atoms with Crippen LogP contribution in [0.5, 0.6) is 0 Å². The summed E-state index contributed by atoms with van der Waals surface area (Å²) in [5.74, 6) is 2.75. The van der Waals surface area contributed by atoms with Gasteiger partial charge in [-0.15, -0.1) is 0 Å². The summed E-state index contributed by atoms with van der Waals surface area (Å²) in [6, 6.07) is 12.3. The van der Waals surface area contributed by atoms with Crippen molar-refractivity contribution >= 4 is 28.6 Å². The lowest BCUT2D eigenvalue weighted by atomic mass is 9.53. The number of hydrogen-bond acceptors (Lipinski definition) is 3. The van der Waals surface area contributed by atoms with E-state index in [1.807, 2.05) is 31.2 Å². The molecule has 136 valence electrons. The Kier molecular flexibility index (Phi) is 4.00. The number of benzene rings is 1. The number of fused-ring (bicyclic) bond motifs is 1. The van der Waals surface area contributed by atoms with E-state index in [4.69, 9.17) is 4.98 Å². The highest BCUT2D eigenvalue weighted by atomic mass is 32.2. The third-order valence-electron chi connectivity index (χ3n) is 6.67. The molecular weight excluding hydrogens is 340 g/mol. The molecule has 4 saturated carbocycles. The second kappa shape index (κ2) is 6.26. The van der Waals surface area contributed by atoms with Crippen LogP contribution in [-0.4, -0.2) is 21.7 Å². The molecular formula is C22H26N2OS. The number of amides is 1. The van der Waals surface area contributed by atoms with E-state index in [9.17, 15) is 4.79 Å². The predicted octanol–water partition coefficient (Wildman–Crippen LogP) is 4.80. The molecule has 1 N–H and O–H groups in total.